The molecular formula is C13H18N2OS. The number of hydrogen-bond acceptors (Lipinski definition) is 2. The van der Waals surface area contributed by atoms with Crippen LogP contribution in [-0.2, 0) is 11.2 Å². The van der Waals surface area contributed by atoms with Gasteiger partial charge in [0.25, 0.3) is 0 Å². The van der Waals surface area contributed by atoms with Gasteiger partial charge >= 0.3 is 0 Å². The monoisotopic (exact) mass is 250 g/mol. The molecule has 0 radical (unpaired) electrons. The molecule has 92 valence electrons. The lowest BCUT2D eigenvalue weighted by molar-refractivity contribution is -0.120. The van der Waals surface area contributed by atoms with Crippen molar-refractivity contribution in [3.8, 4) is 0 Å². The first kappa shape index (κ1) is 13.6. The van der Waals surface area contributed by atoms with E-state index in [4.69, 9.17) is 5.73 Å². The topological polar surface area (TPSA) is 55.1 Å². The van der Waals surface area contributed by atoms with E-state index < -0.39 is 0 Å². The van der Waals surface area contributed by atoms with Gasteiger partial charge in [-0.25, -0.2) is 0 Å². The third kappa shape index (κ3) is 6.02. The van der Waals surface area contributed by atoms with Crippen LogP contribution in [0.1, 0.15) is 25.3 Å². The Morgan fingerprint density at radius 2 is 2.06 bits per heavy atom. The molecule has 1 aromatic rings. The van der Waals surface area contributed by atoms with Gasteiger partial charge in [-0.05, 0) is 25.3 Å². The quantitative estimate of drug-likeness (QED) is 0.757. The van der Waals surface area contributed by atoms with E-state index in [-0.39, 0.29) is 23.4 Å². The van der Waals surface area contributed by atoms with Gasteiger partial charge in [-0.2, -0.15) is 0 Å². The minimum atomic E-state index is -0.0990. The highest BCUT2D eigenvalue weighted by molar-refractivity contribution is 7.80. The van der Waals surface area contributed by atoms with Crippen molar-refractivity contribution >= 4 is 23.1 Å². The van der Waals surface area contributed by atoms with Crippen molar-refractivity contribution in [3.05, 3.63) is 35.9 Å². The minimum absolute atomic E-state index is 0.0990. The van der Waals surface area contributed by atoms with Crippen molar-refractivity contribution < 1.29 is 4.79 Å². The van der Waals surface area contributed by atoms with E-state index in [9.17, 15) is 4.79 Å². The van der Waals surface area contributed by atoms with Crippen LogP contribution < -0.4 is 11.1 Å². The summed E-state index contributed by atoms with van der Waals surface area (Å²) < 4.78 is 0. The molecule has 0 bridgehead atoms. The summed E-state index contributed by atoms with van der Waals surface area (Å²) in [6.07, 6.45) is 1.99. The standard InChI is InChI=1S/C13H18N2OS/c1-10(15-13(16)9-12(14)17)7-8-11-5-3-2-4-6-11/h2-6,10H,7-9H2,1H3,(H2,14,17)(H,15,16). The van der Waals surface area contributed by atoms with Crippen LogP contribution >= 0.6 is 12.2 Å². The van der Waals surface area contributed by atoms with E-state index in [1.165, 1.54) is 5.56 Å². The van der Waals surface area contributed by atoms with Crippen LogP contribution in [0.5, 0.6) is 0 Å². The van der Waals surface area contributed by atoms with Gasteiger partial charge in [0.1, 0.15) is 0 Å². The fourth-order valence-corrected chi connectivity index (χ4v) is 1.72. The number of carbonyl (C=O) groups excluding carboxylic acids is 1. The van der Waals surface area contributed by atoms with E-state index in [1.807, 2.05) is 25.1 Å². The molecule has 0 aliphatic rings. The Hall–Kier alpha value is -1.42. The van der Waals surface area contributed by atoms with Gasteiger partial charge in [-0.3, -0.25) is 4.79 Å². The highest BCUT2D eigenvalue weighted by Crippen LogP contribution is 2.04. The third-order valence-corrected chi connectivity index (χ3v) is 2.60. The summed E-state index contributed by atoms with van der Waals surface area (Å²) in [5.41, 5.74) is 6.59. The maximum Gasteiger partial charge on any atom is 0.227 e. The molecule has 1 amide bonds. The molecule has 1 unspecified atom stereocenters. The maximum atomic E-state index is 11.4. The predicted octanol–water partition coefficient (Wildman–Crippen LogP) is 1.80. The number of hydrogen-bond donors (Lipinski definition) is 2. The number of carbonyl (C=O) groups is 1. The summed E-state index contributed by atoms with van der Waals surface area (Å²) >= 11 is 4.68. The van der Waals surface area contributed by atoms with E-state index >= 15 is 0 Å². The number of amides is 1. The number of aryl methyl sites for hydroxylation is 1. The summed E-state index contributed by atoms with van der Waals surface area (Å²) in [4.78, 5) is 11.6. The first-order valence-electron chi connectivity index (χ1n) is 5.69. The Kier molecular flexibility index (Phi) is 5.63. The molecule has 3 N–H and O–H groups in total. The maximum absolute atomic E-state index is 11.4. The van der Waals surface area contributed by atoms with Crippen molar-refractivity contribution in [3.63, 3.8) is 0 Å². The summed E-state index contributed by atoms with van der Waals surface area (Å²) in [5.74, 6) is -0.0990. The molecule has 17 heavy (non-hydrogen) atoms. The number of rotatable bonds is 6. The lowest BCUT2D eigenvalue weighted by Crippen LogP contribution is -2.35. The van der Waals surface area contributed by atoms with E-state index in [0.29, 0.717) is 0 Å². The van der Waals surface area contributed by atoms with E-state index in [2.05, 4.69) is 29.7 Å². The van der Waals surface area contributed by atoms with Crippen LogP contribution in [0.2, 0.25) is 0 Å². The molecule has 0 aliphatic carbocycles. The summed E-state index contributed by atoms with van der Waals surface area (Å²) in [5, 5.41) is 2.88. The predicted molar refractivity (Wildman–Crippen MR) is 73.8 cm³/mol. The molecule has 0 aromatic heterocycles. The molecule has 0 saturated heterocycles. The van der Waals surface area contributed by atoms with Crippen LogP contribution in [-0.4, -0.2) is 16.9 Å². The fraction of sp³-hybridized carbons (Fsp3) is 0.385. The highest BCUT2D eigenvalue weighted by Gasteiger charge is 2.08. The minimum Gasteiger partial charge on any atom is -0.393 e. The molecule has 4 heteroatoms. The molecule has 0 aliphatic heterocycles. The van der Waals surface area contributed by atoms with Crippen LogP contribution in [0.3, 0.4) is 0 Å². The normalized spacial score (nSPS) is 11.8. The van der Waals surface area contributed by atoms with Crippen LogP contribution in [0.4, 0.5) is 0 Å². The summed E-state index contributed by atoms with van der Waals surface area (Å²) in [7, 11) is 0. The van der Waals surface area contributed by atoms with E-state index in [1.54, 1.807) is 0 Å². The second kappa shape index (κ2) is 7.01. The Morgan fingerprint density at radius 1 is 1.41 bits per heavy atom. The van der Waals surface area contributed by atoms with Crippen LogP contribution in [0, 0.1) is 0 Å². The van der Waals surface area contributed by atoms with Crippen molar-refractivity contribution in [2.45, 2.75) is 32.2 Å². The van der Waals surface area contributed by atoms with Gasteiger partial charge in [0.15, 0.2) is 0 Å². The summed E-state index contributed by atoms with van der Waals surface area (Å²) in [6.45, 7) is 1.99. The zero-order valence-electron chi connectivity index (χ0n) is 9.98. The van der Waals surface area contributed by atoms with Gasteiger partial charge < -0.3 is 11.1 Å². The number of nitrogens with two attached hydrogens (primary N) is 1. The molecule has 3 nitrogen and oxygen atoms in total. The SMILES string of the molecule is CC(CCc1ccccc1)NC(=O)CC(N)=S. The van der Waals surface area contributed by atoms with Gasteiger partial charge in [0, 0.05) is 6.04 Å². The Bertz CT molecular complexity index is 378. The van der Waals surface area contributed by atoms with Crippen molar-refractivity contribution in [2.24, 2.45) is 5.73 Å². The summed E-state index contributed by atoms with van der Waals surface area (Å²) in [6, 6.07) is 10.3. The molecule has 0 saturated carbocycles. The molecule has 0 spiro atoms. The molecule has 1 rings (SSSR count). The van der Waals surface area contributed by atoms with E-state index in [0.717, 1.165) is 12.8 Å². The highest BCUT2D eigenvalue weighted by atomic mass is 32.1. The van der Waals surface area contributed by atoms with Gasteiger partial charge in [0.05, 0.1) is 11.4 Å². The number of thiocarbonyl (C=S) groups is 1. The number of benzene rings is 1. The lowest BCUT2D eigenvalue weighted by atomic mass is 10.1. The van der Waals surface area contributed by atoms with Crippen LogP contribution in [0.15, 0.2) is 30.3 Å². The number of nitrogens with one attached hydrogen (secondary N) is 1. The van der Waals surface area contributed by atoms with Crippen molar-refractivity contribution in [2.75, 3.05) is 0 Å². The van der Waals surface area contributed by atoms with Gasteiger partial charge in [0.2, 0.25) is 5.91 Å². The Morgan fingerprint density at radius 3 is 2.65 bits per heavy atom. The lowest BCUT2D eigenvalue weighted by Gasteiger charge is -2.13. The first-order valence-corrected chi connectivity index (χ1v) is 6.10. The Balaban J connectivity index is 2.28. The second-order valence-electron chi connectivity index (χ2n) is 4.14. The second-order valence-corrected chi connectivity index (χ2v) is 4.66. The third-order valence-electron chi connectivity index (χ3n) is 2.45. The molecule has 0 fully saturated rings. The zero-order valence-corrected chi connectivity index (χ0v) is 10.8. The zero-order chi connectivity index (χ0) is 12.7. The average Bonchev–Trinajstić information content (AvgIpc) is 2.26. The largest absolute Gasteiger partial charge is 0.393 e. The van der Waals surface area contributed by atoms with Crippen LogP contribution in [0.25, 0.3) is 0 Å². The molecular weight excluding hydrogens is 232 g/mol. The fourth-order valence-electron chi connectivity index (χ4n) is 1.58. The molecule has 1 atom stereocenters. The van der Waals surface area contributed by atoms with Crippen molar-refractivity contribution in [1.29, 1.82) is 0 Å². The molecule has 1 aromatic carbocycles. The van der Waals surface area contributed by atoms with Gasteiger partial charge in [-0.15, -0.1) is 0 Å². The molecule has 0 heterocycles. The Labute approximate surface area is 107 Å². The van der Waals surface area contributed by atoms with Gasteiger partial charge in [-0.1, -0.05) is 42.5 Å². The smallest absolute Gasteiger partial charge is 0.227 e. The average molecular weight is 250 g/mol. The first-order chi connectivity index (χ1) is 8.08. The van der Waals surface area contributed by atoms with Crippen molar-refractivity contribution in [1.82, 2.24) is 5.32 Å².